The minimum atomic E-state index is -3.15. The van der Waals surface area contributed by atoms with Crippen molar-refractivity contribution in [1.29, 1.82) is 5.41 Å². The maximum Gasteiger partial charge on any atom is 0.214 e. The average molecular weight is 177 g/mol. The first-order chi connectivity index (χ1) is 5.02. The molecular weight excluding hydrogens is 166 g/mol. The summed E-state index contributed by atoms with van der Waals surface area (Å²) in [7, 11) is -3.15. The average Bonchev–Trinajstić information content (AvgIpc) is 2.64. The summed E-state index contributed by atoms with van der Waals surface area (Å²) < 4.78 is 24.3. The smallest absolute Gasteiger partial charge is 0.214 e. The third-order valence-corrected chi connectivity index (χ3v) is 3.32. The zero-order valence-corrected chi connectivity index (χ0v) is 6.82. The number of hydrogen-bond acceptors (Lipinski definition) is 3. The molecule has 0 spiro atoms. The first kappa shape index (κ1) is 8.48. The van der Waals surface area contributed by atoms with E-state index in [9.17, 15) is 8.42 Å². The summed E-state index contributed by atoms with van der Waals surface area (Å²) in [5, 5.41) is 6.55. The molecule has 1 fully saturated rings. The Morgan fingerprint density at radius 1 is 1.64 bits per heavy atom. The van der Waals surface area contributed by atoms with Crippen LogP contribution in [0.4, 0.5) is 0 Å². The third-order valence-electron chi connectivity index (χ3n) is 1.43. The summed E-state index contributed by atoms with van der Waals surface area (Å²) in [6, 6.07) is 0. The Bertz CT molecular complexity index is 255. The summed E-state index contributed by atoms with van der Waals surface area (Å²) in [5.74, 6) is -0.158. The summed E-state index contributed by atoms with van der Waals surface area (Å²) >= 11 is 0. The van der Waals surface area contributed by atoms with E-state index >= 15 is 0 Å². The van der Waals surface area contributed by atoms with Gasteiger partial charge in [0.05, 0.1) is 11.8 Å². The topological polar surface area (TPSA) is 96.0 Å². The molecule has 64 valence electrons. The summed E-state index contributed by atoms with van der Waals surface area (Å²) in [5.41, 5.74) is 4.98. The van der Waals surface area contributed by atoms with Crippen LogP contribution in [0.15, 0.2) is 0 Å². The Hall–Kier alpha value is -0.620. The van der Waals surface area contributed by atoms with Crippen LogP contribution in [0.3, 0.4) is 0 Å². The summed E-state index contributed by atoms with van der Waals surface area (Å²) in [6.07, 6.45) is 1.46. The second-order valence-corrected chi connectivity index (χ2v) is 4.64. The fraction of sp³-hybridized carbons (Fsp3) is 0.800. The van der Waals surface area contributed by atoms with Crippen molar-refractivity contribution in [3.63, 3.8) is 0 Å². The van der Waals surface area contributed by atoms with E-state index in [4.69, 9.17) is 11.1 Å². The van der Waals surface area contributed by atoms with Gasteiger partial charge in [0.1, 0.15) is 5.84 Å². The number of sulfonamides is 1. The molecule has 0 unspecified atom stereocenters. The van der Waals surface area contributed by atoms with E-state index in [0.717, 1.165) is 12.8 Å². The molecule has 4 N–H and O–H groups in total. The predicted molar refractivity (Wildman–Crippen MR) is 41.9 cm³/mol. The van der Waals surface area contributed by atoms with Gasteiger partial charge in [-0.3, -0.25) is 5.41 Å². The molecule has 11 heavy (non-hydrogen) atoms. The number of nitrogens with two attached hydrogens (primary N) is 1. The fourth-order valence-corrected chi connectivity index (χ4v) is 2.02. The van der Waals surface area contributed by atoms with Crippen LogP contribution in [0, 0.1) is 5.41 Å². The molecule has 0 aliphatic heterocycles. The largest absolute Gasteiger partial charge is 0.387 e. The Morgan fingerprint density at radius 3 is 2.55 bits per heavy atom. The van der Waals surface area contributed by atoms with Gasteiger partial charge in [-0.25, -0.2) is 13.1 Å². The van der Waals surface area contributed by atoms with Crippen molar-refractivity contribution < 1.29 is 8.42 Å². The van der Waals surface area contributed by atoms with E-state index < -0.39 is 10.0 Å². The summed E-state index contributed by atoms with van der Waals surface area (Å²) in [4.78, 5) is 0. The van der Waals surface area contributed by atoms with Gasteiger partial charge in [-0.15, -0.1) is 0 Å². The molecule has 0 atom stereocenters. The van der Waals surface area contributed by atoms with Crippen molar-refractivity contribution >= 4 is 15.9 Å². The quantitative estimate of drug-likeness (QED) is 0.380. The standard InChI is InChI=1S/C5H11N3O2S/c6-5(7)3-8-11(9,10)4-1-2-4/h4,8H,1-3H2,(H3,6,7). The van der Waals surface area contributed by atoms with Gasteiger partial charge in [0, 0.05) is 0 Å². The minimum absolute atomic E-state index is 0.0706. The van der Waals surface area contributed by atoms with Gasteiger partial charge in [-0.1, -0.05) is 0 Å². The highest BCUT2D eigenvalue weighted by Crippen LogP contribution is 2.26. The molecule has 0 aromatic heterocycles. The van der Waals surface area contributed by atoms with Gasteiger partial charge in [-0.2, -0.15) is 0 Å². The van der Waals surface area contributed by atoms with Crippen molar-refractivity contribution in [3.05, 3.63) is 0 Å². The molecule has 0 aromatic carbocycles. The van der Waals surface area contributed by atoms with Gasteiger partial charge < -0.3 is 5.73 Å². The molecule has 1 rings (SSSR count). The van der Waals surface area contributed by atoms with Crippen LogP contribution >= 0.6 is 0 Å². The van der Waals surface area contributed by atoms with Crippen LogP contribution < -0.4 is 10.5 Å². The van der Waals surface area contributed by atoms with Gasteiger partial charge >= 0.3 is 0 Å². The number of hydrogen-bond donors (Lipinski definition) is 3. The molecule has 6 heteroatoms. The van der Waals surface area contributed by atoms with Crippen molar-refractivity contribution in [1.82, 2.24) is 4.72 Å². The Morgan fingerprint density at radius 2 is 2.18 bits per heavy atom. The second kappa shape index (κ2) is 2.78. The van der Waals surface area contributed by atoms with Crippen LogP contribution in [0.1, 0.15) is 12.8 Å². The minimum Gasteiger partial charge on any atom is -0.387 e. The van der Waals surface area contributed by atoms with Gasteiger partial charge in [0.25, 0.3) is 0 Å². The Kier molecular flexibility index (Phi) is 2.15. The molecule has 0 radical (unpaired) electrons. The van der Waals surface area contributed by atoms with E-state index in [2.05, 4.69) is 4.72 Å². The van der Waals surface area contributed by atoms with Gasteiger partial charge in [0.15, 0.2) is 0 Å². The maximum absolute atomic E-state index is 11.0. The van der Waals surface area contributed by atoms with Crippen LogP contribution in [-0.2, 0) is 10.0 Å². The monoisotopic (exact) mass is 177 g/mol. The predicted octanol–water partition coefficient (Wildman–Crippen LogP) is -0.996. The lowest BCUT2D eigenvalue weighted by Gasteiger charge is -2.02. The van der Waals surface area contributed by atoms with E-state index in [0.29, 0.717) is 0 Å². The molecule has 0 heterocycles. The van der Waals surface area contributed by atoms with E-state index in [-0.39, 0.29) is 17.6 Å². The molecule has 1 saturated carbocycles. The molecule has 0 amide bonds. The molecule has 5 nitrogen and oxygen atoms in total. The van der Waals surface area contributed by atoms with Crippen molar-refractivity contribution in [2.75, 3.05) is 6.54 Å². The molecular formula is C5H11N3O2S. The van der Waals surface area contributed by atoms with E-state index in [1.807, 2.05) is 0 Å². The Labute approximate surface area is 65.5 Å². The van der Waals surface area contributed by atoms with Crippen LogP contribution in [0.5, 0.6) is 0 Å². The fourth-order valence-electron chi connectivity index (χ4n) is 0.675. The first-order valence-corrected chi connectivity index (χ1v) is 4.88. The van der Waals surface area contributed by atoms with Crippen molar-refractivity contribution in [3.8, 4) is 0 Å². The second-order valence-electron chi connectivity index (χ2n) is 2.59. The van der Waals surface area contributed by atoms with E-state index in [1.54, 1.807) is 0 Å². The van der Waals surface area contributed by atoms with Crippen LogP contribution in [0.25, 0.3) is 0 Å². The lowest BCUT2D eigenvalue weighted by molar-refractivity contribution is 0.585. The first-order valence-electron chi connectivity index (χ1n) is 3.34. The zero-order chi connectivity index (χ0) is 8.48. The number of nitrogens with one attached hydrogen (secondary N) is 2. The van der Waals surface area contributed by atoms with Crippen LogP contribution in [0.2, 0.25) is 0 Å². The van der Waals surface area contributed by atoms with Crippen LogP contribution in [-0.4, -0.2) is 26.0 Å². The highest BCUT2D eigenvalue weighted by atomic mass is 32.2. The SMILES string of the molecule is N=C(N)CNS(=O)(=O)C1CC1. The van der Waals surface area contributed by atoms with Gasteiger partial charge in [-0.05, 0) is 12.8 Å². The highest BCUT2D eigenvalue weighted by molar-refractivity contribution is 7.90. The third kappa shape index (κ3) is 2.47. The Balaban J connectivity index is 2.40. The van der Waals surface area contributed by atoms with Crippen molar-refractivity contribution in [2.45, 2.75) is 18.1 Å². The molecule has 0 bridgehead atoms. The zero-order valence-electron chi connectivity index (χ0n) is 6.00. The summed E-state index contributed by atoms with van der Waals surface area (Å²) in [6.45, 7) is -0.0706. The highest BCUT2D eigenvalue weighted by Gasteiger charge is 2.35. The van der Waals surface area contributed by atoms with Gasteiger partial charge in [0.2, 0.25) is 10.0 Å². The lowest BCUT2D eigenvalue weighted by Crippen LogP contribution is -2.34. The van der Waals surface area contributed by atoms with Crippen molar-refractivity contribution in [2.24, 2.45) is 5.73 Å². The normalized spacial score (nSPS) is 18.2. The molecule has 1 aliphatic rings. The number of amidine groups is 1. The molecule has 1 aliphatic carbocycles. The molecule has 0 aromatic rings. The molecule has 0 saturated heterocycles. The lowest BCUT2D eigenvalue weighted by atomic mass is 10.6. The maximum atomic E-state index is 11.0. The number of rotatable bonds is 4. The van der Waals surface area contributed by atoms with E-state index in [1.165, 1.54) is 0 Å².